The Morgan fingerprint density at radius 2 is 1.84 bits per heavy atom. The van der Waals surface area contributed by atoms with Gasteiger partial charge in [0.05, 0.1) is 35.4 Å². The smallest absolute Gasteiger partial charge is 0.419 e. The number of aromatic nitrogens is 2. The van der Waals surface area contributed by atoms with E-state index in [-0.39, 0.29) is 11.0 Å². The van der Waals surface area contributed by atoms with Crippen molar-refractivity contribution >= 4 is 33.2 Å². The Morgan fingerprint density at radius 3 is 2.55 bits per heavy atom. The number of pyridine rings is 1. The highest BCUT2D eigenvalue weighted by molar-refractivity contribution is 5.98. The van der Waals surface area contributed by atoms with Crippen LogP contribution < -0.4 is 26.1 Å². The summed E-state index contributed by atoms with van der Waals surface area (Å²) in [6, 6.07) is 10.4. The zero-order valence-electron chi connectivity index (χ0n) is 16.8. The Bertz CT molecular complexity index is 1450. The molecule has 0 unspecified atom stereocenters. The van der Waals surface area contributed by atoms with Crippen molar-refractivity contribution in [3.8, 4) is 17.6 Å². The maximum Gasteiger partial charge on any atom is 0.419 e. The molecule has 0 saturated carbocycles. The number of anilines is 2. The Labute approximate surface area is 175 Å². The highest BCUT2D eigenvalue weighted by atomic mass is 16.5. The lowest BCUT2D eigenvalue weighted by molar-refractivity contribution is 0.288. The van der Waals surface area contributed by atoms with Gasteiger partial charge in [-0.25, -0.2) is 4.79 Å². The summed E-state index contributed by atoms with van der Waals surface area (Å²) in [6.07, 6.45) is 1.47. The summed E-state index contributed by atoms with van der Waals surface area (Å²) in [5, 5.41) is 13.7. The van der Waals surface area contributed by atoms with Gasteiger partial charge in [0.15, 0.2) is 11.5 Å². The Kier molecular flexibility index (Phi) is 5.28. The van der Waals surface area contributed by atoms with E-state index in [1.54, 1.807) is 24.3 Å². The molecule has 0 bridgehead atoms. The fourth-order valence-electron chi connectivity index (χ4n) is 3.26. The molecule has 4 aromatic rings. The van der Waals surface area contributed by atoms with Crippen molar-refractivity contribution in [3.05, 3.63) is 63.0 Å². The topological polar surface area (TPSA) is 130 Å². The number of nitrogens with one attached hydrogen (secondary N) is 2. The van der Waals surface area contributed by atoms with Crippen LogP contribution in [-0.2, 0) is 0 Å². The van der Waals surface area contributed by atoms with Crippen molar-refractivity contribution in [2.45, 2.75) is 13.8 Å². The molecule has 2 aromatic carbocycles. The minimum atomic E-state index is -0.821. The van der Waals surface area contributed by atoms with Gasteiger partial charge in [0.1, 0.15) is 11.7 Å². The Balaban J connectivity index is 1.88. The summed E-state index contributed by atoms with van der Waals surface area (Å²) in [7, 11) is 0. The highest BCUT2D eigenvalue weighted by Crippen LogP contribution is 2.37. The summed E-state index contributed by atoms with van der Waals surface area (Å²) in [6.45, 7) is 4.66. The maximum absolute atomic E-state index is 12.1. The van der Waals surface area contributed by atoms with Crippen LogP contribution in [0.3, 0.4) is 0 Å². The number of aromatic amines is 1. The molecule has 4 rings (SSSR count). The molecule has 9 nitrogen and oxygen atoms in total. The zero-order valence-corrected chi connectivity index (χ0v) is 16.8. The Morgan fingerprint density at radius 1 is 1.10 bits per heavy atom. The molecule has 0 radical (unpaired) electrons. The zero-order chi connectivity index (χ0) is 22.0. The quantitative estimate of drug-likeness (QED) is 0.487. The Hall–Kier alpha value is -4.32. The molecule has 0 fully saturated rings. The molecule has 0 aliphatic heterocycles. The van der Waals surface area contributed by atoms with Gasteiger partial charge >= 0.3 is 5.76 Å². The van der Waals surface area contributed by atoms with Crippen LogP contribution in [0.15, 0.2) is 50.5 Å². The lowest BCUT2D eigenvalue weighted by atomic mass is 10.1. The number of hydrogen-bond donors (Lipinski definition) is 2. The van der Waals surface area contributed by atoms with Crippen LogP contribution in [0.2, 0.25) is 0 Å². The monoisotopic (exact) mass is 418 g/mol. The van der Waals surface area contributed by atoms with E-state index in [0.717, 1.165) is 0 Å². The van der Waals surface area contributed by atoms with Crippen molar-refractivity contribution in [2.75, 3.05) is 18.5 Å². The first kappa shape index (κ1) is 20.0. The molecule has 0 aliphatic rings. The minimum absolute atomic E-state index is 0.166. The van der Waals surface area contributed by atoms with Gasteiger partial charge in [0.25, 0.3) is 5.56 Å². The molecule has 156 valence electrons. The average molecular weight is 418 g/mol. The molecular weight excluding hydrogens is 400 g/mol. The predicted molar refractivity (Wildman–Crippen MR) is 115 cm³/mol. The van der Waals surface area contributed by atoms with Crippen LogP contribution in [0.4, 0.5) is 11.4 Å². The van der Waals surface area contributed by atoms with Crippen LogP contribution in [0.5, 0.6) is 11.5 Å². The highest BCUT2D eigenvalue weighted by Gasteiger charge is 2.15. The third-order valence-corrected chi connectivity index (χ3v) is 4.57. The normalized spacial score (nSPS) is 10.7. The average Bonchev–Trinajstić information content (AvgIpc) is 2.75. The number of rotatable bonds is 6. The third kappa shape index (κ3) is 3.79. The molecule has 0 spiro atoms. The van der Waals surface area contributed by atoms with E-state index in [0.29, 0.717) is 52.6 Å². The minimum Gasteiger partial charge on any atom is -0.490 e. The van der Waals surface area contributed by atoms with E-state index in [9.17, 15) is 14.9 Å². The second kappa shape index (κ2) is 8.20. The van der Waals surface area contributed by atoms with Gasteiger partial charge in [-0.15, -0.1) is 0 Å². The van der Waals surface area contributed by atoms with Gasteiger partial charge in [-0.2, -0.15) is 5.26 Å². The van der Waals surface area contributed by atoms with Gasteiger partial charge in [0.2, 0.25) is 0 Å². The van der Waals surface area contributed by atoms with E-state index >= 15 is 0 Å². The molecule has 0 saturated heterocycles. The fourth-order valence-corrected chi connectivity index (χ4v) is 3.26. The number of fused-ring (bicyclic) bond motifs is 2. The van der Waals surface area contributed by atoms with Crippen LogP contribution in [-0.4, -0.2) is 23.2 Å². The van der Waals surface area contributed by atoms with E-state index in [1.807, 2.05) is 13.8 Å². The van der Waals surface area contributed by atoms with E-state index in [4.69, 9.17) is 13.9 Å². The van der Waals surface area contributed by atoms with Crippen LogP contribution in [0, 0.1) is 11.3 Å². The van der Waals surface area contributed by atoms with Crippen molar-refractivity contribution in [1.82, 2.24) is 9.97 Å². The molecule has 2 N–H and O–H groups in total. The van der Waals surface area contributed by atoms with Crippen LogP contribution in [0.25, 0.3) is 21.9 Å². The van der Waals surface area contributed by atoms with Gasteiger partial charge in [-0.05, 0) is 38.1 Å². The van der Waals surface area contributed by atoms with Crippen molar-refractivity contribution in [2.24, 2.45) is 0 Å². The summed E-state index contributed by atoms with van der Waals surface area (Å²) in [5.41, 5.74) is 1.56. The lowest BCUT2D eigenvalue weighted by Gasteiger charge is -2.15. The number of H-pyrrole nitrogens is 1. The standard InChI is InChI=1S/C22H18N4O5/c1-3-29-18-8-14-16(9-19(18)30-4-2)24-11-12(10-23)20(14)25-13-5-6-17-15(7-13)21(27)26-22(28)31-17/h5-9,11H,3-4H2,1-2H3,(H,24,25)(H,26,27,28). The third-order valence-electron chi connectivity index (χ3n) is 4.57. The van der Waals surface area contributed by atoms with Gasteiger partial charge in [-0.3, -0.25) is 14.8 Å². The molecule has 31 heavy (non-hydrogen) atoms. The molecule has 2 heterocycles. The first-order valence-corrected chi connectivity index (χ1v) is 9.60. The lowest BCUT2D eigenvalue weighted by Crippen LogP contribution is -2.18. The van der Waals surface area contributed by atoms with E-state index in [2.05, 4.69) is 21.4 Å². The van der Waals surface area contributed by atoms with Gasteiger partial charge in [-0.1, -0.05) is 0 Å². The predicted octanol–water partition coefficient (Wildman–Crippen LogP) is 3.44. The number of hydrogen-bond acceptors (Lipinski definition) is 8. The van der Waals surface area contributed by atoms with Crippen molar-refractivity contribution < 1.29 is 13.9 Å². The van der Waals surface area contributed by atoms with E-state index < -0.39 is 11.3 Å². The number of benzene rings is 2. The largest absolute Gasteiger partial charge is 0.490 e. The first-order chi connectivity index (χ1) is 15.0. The molecule has 9 heteroatoms. The summed E-state index contributed by atoms with van der Waals surface area (Å²) < 4.78 is 16.4. The van der Waals surface area contributed by atoms with E-state index in [1.165, 1.54) is 12.3 Å². The van der Waals surface area contributed by atoms with Gasteiger partial charge in [0, 0.05) is 23.3 Å². The van der Waals surface area contributed by atoms with Gasteiger partial charge < -0.3 is 19.2 Å². The molecule has 2 aromatic heterocycles. The fraction of sp³-hybridized carbons (Fsp3) is 0.182. The van der Waals surface area contributed by atoms with Crippen LogP contribution in [0.1, 0.15) is 19.4 Å². The molecule has 0 aliphatic carbocycles. The maximum atomic E-state index is 12.1. The summed E-state index contributed by atoms with van der Waals surface area (Å²) in [5.74, 6) is 0.277. The second-order valence-corrected chi connectivity index (χ2v) is 6.52. The SMILES string of the molecule is CCOc1cc2ncc(C#N)c(Nc3ccc4oc(=O)[nH]c(=O)c4c3)c2cc1OCC. The summed E-state index contributed by atoms with van der Waals surface area (Å²) >= 11 is 0. The molecule has 0 amide bonds. The molecular formula is C22H18N4O5. The number of nitriles is 1. The van der Waals surface area contributed by atoms with Crippen LogP contribution >= 0.6 is 0 Å². The summed E-state index contributed by atoms with van der Waals surface area (Å²) in [4.78, 5) is 30.0. The number of ether oxygens (including phenoxy) is 2. The first-order valence-electron chi connectivity index (χ1n) is 9.60. The number of nitrogens with zero attached hydrogens (tertiary/aromatic N) is 2. The van der Waals surface area contributed by atoms with Crippen molar-refractivity contribution in [1.29, 1.82) is 5.26 Å². The second-order valence-electron chi connectivity index (χ2n) is 6.52. The van der Waals surface area contributed by atoms with Crippen molar-refractivity contribution in [3.63, 3.8) is 0 Å². The molecule has 0 atom stereocenters.